The molecule has 29 heavy (non-hydrogen) atoms. The largest absolute Gasteiger partial charge is 0.381 e. The number of nitrogens with zero attached hydrogens (tertiary/aromatic N) is 1. The van der Waals surface area contributed by atoms with Crippen molar-refractivity contribution in [3.63, 3.8) is 0 Å². The van der Waals surface area contributed by atoms with Crippen LogP contribution in [0.4, 0.5) is 8.78 Å². The maximum absolute atomic E-state index is 15.2. The van der Waals surface area contributed by atoms with Gasteiger partial charge in [-0.2, -0.15) is 0 Å². The number of aromatic amines is 2. The van der Waals surface area contributed by atoms with E-state index < -0.39 is 11.4 Å². The summed E-state index contributed by atoms with van der Waals surface area (Å²) in [6.07, 6.45) is 1.49. The van der Waals surface area contributed by atoms with E-state index >= 15 is 4.39 Å². The zero-order valence-corrected chi connectivity index (χ0v) is 15.9. The van der Waals surface area contributed by atoms with Crippen molar-refractivity contribution in [2.75, 3.05) is 13.2 Å². The first-order chi connectivity index (χ1) is 14.0. The van der Waals surface area contributed by atoms with Crippen LogP contribution in [0.1, 0.15) is 24.3 Å². The highest BCUT2D eigenvalue weighted by atomic mass is 35.5. The Morgan fingerprint density at radius 2 is 1.79 bits per heavy atom. The third-order valence-electron chi connectivity index (χ3n) is 5.52. The van der Waals surface area contributed by atoms with Crippen LogP contribution in [0, 0.1) is 11.6 Å². The van der Waals surface area contributed by atoms with E-state index in [1.807, 2.05) is 0 Å². The molecular weight excluding hydrogens is 400 g/mol. The first-order valence-corrected chi connectivity index (χ1v) is 9.68. The quantitative estimate of drug-likeness (QED) is 0.457. The van der Waals surface area contributed by atoms with Crippen molar-refractivity contribution >= 4 is 33.4 Å². The topological polar surface area (TPSA) is 70.8 Å². The Kier molecular flexibility index (Phi) is 4.37. The zero-order chi connectivity index (χ0) is 20.1. The number of rotatable bonds is 2. The minimum Gasteiger partial charge on any atom is -0.381 e. The molecule has 8 heteroatoms. The molecule has 2 aromatic carbocycles. The Labute approximate surface area is 168 Å². The predicted molar refractivity (Wildman–Crippen MR) is 107 cm³/mol. The Balaban J connectivity index is 1.92. The number of fused-ring (bicyclic) bond motifs is 2. The lowest BCUT2D eigenvalue weighted by atomic mass is 9.85. The van der Waals surface area contributed by atoms with Crippen molar-refractivity contribution in [3.8, 4) is 11.1 Å². The van der Waals surface area contributed by atoms with Crippen molar-refractivity contribution in [2.24, 2.45) is 0 Å². The fraction of sp³-hybridized carbons (Fsp3) is 0.238. The molecule has 5 nitrogen and oxygen atoms in total. The van der Waals surface area contributed by atoms with Crippen molar-refractivity contribution in [3.05, 3.63) is 63.0 Å². The van der Waals surface area contributed by atoms with Gasteiger partial charge in [0.2, 0.25) is 0 Å². The number of benzene rings is 2. The van der Waals surface area contributed by atoms with Crippen molar-refractivity contribution in [1.82, 2.24) is 15.2 Å². The van der Waals surface area contributed by atoms with Gasteiger partial charge in [-0.15, -0.1) is 0 Å². The van der Waals surface area contributed by atoms with Gasteiger partial charge in [-0.25, -0.2) is 13.8 Å². The van der Waals surface area contributed by atoms with E-state index in [1.54, 1.807) is 18.2 Å². The Hall–Kier alpha value is -2.77. The van der Waals surface area contributed by atoms with Crippen LogP contribution in [-0.2, 0) is 4.74 Å². The molecule has 1 saturated heterocycles. The molecule has 0 unspecified atom stereocenters. The molecule has 148 valence electrons. The maximum atomic E-state index is 15.2. The minimum absolute atomic E-state index is 0.0509. The first-order valence-electron chi connectivity index (χ1n) is 9.30. The summed E-state index contributed by atoms with van der Waals surface area (Å²) in [5.74, 6) is -0.961. The molecule has 1 aliphatic heterocycles. The number of nitrogens with one attached hydrogen (secondary N) is 2. The van der Waals surface area contributed by atoms with E-state index in [9.17, 15) is 9.18 Å². The summed E-state index contributed by atoms with van der Waals surface area (Å²) in [6, 6.07) is 7.58. The molecule has 0 amide bonds. The number of H-pyrrole nitrogens is 2. The summed E-state index contributed by atoms with van der Waals surface area (Å²) in [6.45, 7) is 1.18. The molecule has 3 heterocycles. The van der Waals surface area contributed by atoms with Crippen molar-refractivity contribution in [1.29, 1.82) is 0 Å². The maximum Gasteiger partial charge on any atom is 0.271 e. The average Bonchev–Trinajstić information content (AvgIpc) is 3.10. The molecule has 1 fully saturated rings. The first kappa shape index (κ1) is 18.3. The van der Waals surface area contributed by atoms with Gasteiger partial charge in [0.15, 0.2) is 5.82 Å². The van der Waals surface area contributed by atoms with Crippen LogP contribution in [0.2, 0.25) is 5.15 Å². The molecule has 2 aromatic heterocycles. The lowest BCUT2D eigenvalue weighted by molar-refractivity contribution is 0.0854. The number of hydrogen-bond acceptors (Lipinski definition) is 3. The Morgan fingerprint density at radius 1 is 1.07 bits per heavy atom. The molecule has 0 aliphatic carbocycles. The van der Waals surface area contributed by atoms with Gasteiger partial charge in [0, 0.05) is 24.2 Å². The van der Waals surface area contributed by atoms with Gasteiger partial charge in [0.25, 0.3) is 5.56 Å². The third-order valence-corrected chi connectivity index (χ3v) is 5.81. The van der Waals surface area contributed by atoms with Crippen LogP contribution in [0.5, 0.6) is 0 Å². The van der Waals surface area contributed by atoms with Crippen molar-refractivity contribution in [2.45, 2.75) is 18.8 Å². The SMILES string of the molecule is O=c1[nH][nH]c2c(F)c3nc(Cl)c(C4CCOCC4)c(-c4ccc(F)cc4)c3cc12. The number of halogens is 3. The van der Waals surface area contributed by atoms with Gasteiger partial charge < -0.3 is 4.74 Å². The van der Waals surface area contributed by atoms with Gasteiger partial charge in [0.1, 0.15) is 22.0 Å². The lowest BCUT2D eigenvalue weighted by Gasteiger charge is -2.26. The van der Waals surface area contributed by atoms with Crippen LogP contribution < -0.4 is 5.56 Å². The highest BCUT2D eigenvalue weighted by Gasteiger charge is 2.27. The number of ether oxygens (including phenoxy) is 1. The highest BCUT2D eigenvalue weighted by molar-refractivity contribution is 6.31. The van der Waals surface area contributed by atoms with Crippen LogP contribution in [0.15, 0.2) is 35.1 Å². The molecule has 1 aliphatic rings. The standard InChI is InChI=1S/C21H16ClF2N3O2/c22-20-16(11-5-7-29-8-6-11)15(10-1-3-12(23)4-2-10)13-9-14-19(26-27-21(14)28)17(24)18(13)25-20/h1-4,9,11H,5-8H2,(H2,26,27,28). The summed E-state index contributed by atoms with van der Waals surface area (Å²) < 4.78 is 34.2. The van der Waals surface area contributed by atoms with Crippen molar-refractivity contribution < 1.29 is 13.5 Å². The monoisotopic (exact) mass is 415 g/mol. The zero-order valence-electron chi connectivity index (χ0n) is 15.2. The van der Waals surface area contributed by atoms with Gasteiger partial charge >= 0.3 is 0 Å². The molecule has 4 aromatic rings. The molecule has 0 radical (unpaired) electrons. The molecule has 5 rings (SSSR count). The minimum atomic E-state index is -0.653. The Bertz CT molecular complexity index is 1290. The van der Waals surface area contributed by atoms with Gasteiger partial charge in [-0.05, 0) is 48.1 Å². The van der Waals surface area contributed by atoms with Gasteiger partial charge in [0.05, 0.1) is 5.39 Å². The van der Waals surface area contributed by atoms with Gasteiger partial charge in [-0.1, -0.05) is 23.7 Å². The molecule has 0 saturated carbocycles. The van der Waals surface area contributed by atoms with Gasteiger partial charge in [-0.3, -0.25) is 15.0 Å². The molecule has 0 bridgehead atoms. The fourth-order valence-electron chi connectivity index (χ4n) is 4.12. The van der Waals surface area contributed by atoms with Crippen LogP contribution in [0.25, 0.3) is 32.9 Å². The second-order valence-electron chi connectivity index (χ2n) is 7.17. The molecule has 2 N–H and O–H groups in total. The second kappa shape index (κ2) is 6.93. The molecule has 0 spiro atoms. The van der Waals surface area contributed by atoms with Crippen LogP contribution >= 0.6 is 11.6 Å². The summed E-state index contributed by atoms with van der Waals surface area (Å²) in [4.78, 5) is 16.5. The summed E-state index contributed by atoms with van der Waals surface area (Å²) in [5, 5.41) is 5.83. The normalized spacial score (nSPS) is 15.4. The summed E-state index contributed by atoms with van der Waals surface area (Å²) >= 11 is 6.58. The number of pyridine rings is 1. The number of hydrogen-bond donors (Lipinski definition) is 2. The molecule has 0 atom stereocenters. The van der Waals surface area contributed by atoms with E-state index in [1.165, 1.54) is 12.1 Å². The Morgan fingerprint density at radius 3 is 2.52 bits per heavy atom. The van der Waals surface area contributed by atoms with E-state index in [-0.39, 0.29) is 33.3 Å². The van der Waals surface area contributed by atoms with E-state index in [0.717, 1.165) is 18.4 Å². The van der Waals surface area contributed by atoms with Crippen LogP contribution in [0.3, 0.4) is 0 Å². The lowest BCUT2D eigenvalue weighted by Crippen LogP contribution is -2.16. The summed E-state index contributed by atoms with van der Waals surface area (Å²) in [7, 11) is 0. The third kappa shape index (κ3) is 2.92. The van der Waals surface area contributed by atoms with E-state index in [4.69, 9.17) is 16.3 Å². The second-order valence-corrected chi connectivity index (χ2v) is 7.53. The average molecular weight is 416 g/mol. The van der Waals surface area contributed by atoms with Crippen LogP contribution in [-0.4, -0.2) is 28.4 Å². The van der Waals surface area contributed by atoms with E-state index in [2.05, 4.69) is 15.2 Å². The smallest absolute Gasteiger partial charge is 0.271 e. The highest BCUT2D eigenvalue weighted by Crippen LogP contribution is 2.43. The predicted octanol–water partition coefficient (Wildman–Crippen LogP) is 4.90. The van der Waals surface area contributed by atoms with E-state index in [0.29, 0.717) is 29.7 Å². The number of aromatic nitrogens is 3. The summed E-state index contributed by atoms with van der Waals surface area (Å²) in [5.41, 5.74) is 1.83. The fourth-order valence-corrected chi connectivity index (χ4v) is 4.45. The molecular formula is C21H16ClF2N3O2.